The van der Waals surface area contributed by atoms with Gasteiger partial charge in [0, 0.05) is 6.42 Å². The molecule has 0 heterocycles. The first kappa shape index (κ1) is 51.7. The van der Waals surface area contributed by atoms with Crippen LogP contribution >= 0.6 is 0 Å². The standard InChI is InChI=1S/C42H90N2O6S2/c1-7-9-11-13-15-17-19-21-23-25-27-29-31-33-36-43(3,4)38-35-39-51(46,47)50-52(48,49)41-42(45)40-44(5,6)37-34-32-30-28-26-24-22-20-18-16-14-12-10-8-2/h42,45H,7-41H2,1-6H3/q+2. The second-order valence-electron chi connectivity index (χ2n) is 17.5. The molecule has 0 aliphatic rings. The van der Waals surface area contributed by atoms with E-state index in [2.05, 4.69) is 31.6 Å². The first-order valence-corrected chi connectivity index (χ1v) is 25.3. The van der Waals surface area contributed by atoms with E-state index in [9.17, 15) is 21.9 Å². The van der Waals surface area contributed by atoms with Gasteiger partial charge in [0.2, 0.25) is 0 Å². The van der Waals surface area contributed by atoms with Crippen LogP contribution in [0.5, 0.6) is 0 Å². The minimum absolute atomic E-state index is 0.228. The highest BCUT2D eigenvalue weighted by atomic mass is 32.3. The van der Waals surface area contributed by atoms with E-state index in [0.717, 1.165) is 32.4 Å². The van der Waals surface area contributed by atoms with Gasteiger partial charge in [0.1, 0.15) is 18.4 Å². The minimum atomic E-state index is -4.42. The van der Waals surface area contributed by atoms with E-state index < -0.39 is 32.1 Å². The maximum Gasteiger partial charge on any atom is 0.284 e. The third-order valence-electron chi connectivity index (χ3n) is 10.7. The Hall–Kier alpha value is -0.260. The van der Waals surface area contributed by atoms with Gasteiger partial charge in [-0.2, -0.15) is 16.8 Å². The van der Waals surface area contributed by atoms with Crippen LogP contribution in [-0.2, 0) is 23.9 Å². The minimum Gasteiger partial charge on any atom is -0.386 e. The van der Waals surface area contributed by atoms with Crippen molar-refractivity contribution in [2.24, 2.45) is 0 Å². The summed E-state index contributed by atoms with van der Waals surface area (Å²) in [5.41, 5.74) is 0. The van der Waals surface area contributed by atoms with Gasteiger partial charge in [0.15, 0.2) is 0 Å². The Bertz CT molecular complexity index is 1020. The fraction of sp³-hybridized carbons (Fsp3) is 1.00. The predicted molar refractivity (Wildman–Crippen MR) is 224 cm³/mol. The molecule has 0 aliphatic heterocycles. The SMILES string of the molecule is CCCCCCCCCCCCCCCC[N+](C)(C)CCCS(=O)(=O)OS(=O)(=O)CC(O)C[N+](C)(C)CCCCCCCCCCCCCCCC. The number of unbranched alkanes of at least 4 members (excludes halogenated alkanes) is 26. The lowest BCUT2D eigenvalue weighted by atomic mass is 10.0. The quantitative estimate of drug-likeness (QED) is 0.0491. The molecule has 0 amide bonds. The summed E-state index contributed by atoms with van der Waals surface area (Å²) in [7, 11) is -0.509. The van der Waals surface area contributed by atoms with Gasteiger partial charge in [0.25, 0.3) is 20.2 Å². The van der Waals surface area contributed by atoms with Gasteiger partial charge in [-0.3, -0.25) is 0 Å². The highest BCUT2D eigenvalue weighted by Gasteiger charge is 2.30. The van der Waals surface area contributed by atoms with Crippen LogP contribution in [0.2, 0.25) is 0 Å². The molecule has 0 fully saturated rings. The van der Waals surface area contributed by atoms with Crippen LogP contribution in [0.15, 0.2) is 0 Å². The van der Waals surface area contributed by atoms with Gasteiger partial charge in [0.05, 0.1) is 53.6 Å². The normalized spacial score (nSPS) is 13.6. The number of rotatable bonds is 40. The topological polar surface area (TPSA) is 97.7 Å². The molecule has 8 nitrogen and oxygen atoms in total. The molecule has 0 saturated heterocycles. The smallest absolute Gasteiger partial charge is 0.284 e. The van der Waals surface area contributed by atoms with Crippen LogP contribution in [-0.4, -0.2) is 103 Å². The molecule has 0 aromatic carbocycles. The van der Waals surface area contributed by atoms with E-state index in [1.807, 2.05) is 14.1 Å². The summed E-state index contributed by atoms with van der Waals surface area (Å²) in [6.45, 7) is 7.19. The summed E-state index contributed by atoms with van der Waals surface area (Å²) < 4.78 is 56.1. The largest absolute Gasteiger partial charge is 0.386 e. The Labute approximate surface area is 325 Å². The fourth-order valence-corrected chi connectivity index (χ4v) is 10.2. The molecule has 0 radical (unpaired) electrons. The average molecular weight is 783 g/mol. The average Bonchev–Trinajstić information content (AvgIpc) is 3.03. The lowest BCUT2D eigenvalue weighted by molar-refractivity contribution is -0.893. The molecule has 0 rings (SSSR count). The van der Waals surface area contributed by atoms with E-state index in [0.29, 0.717) is 21.9 Å². The Morgan fingerprint density at radius 3 is 1.06 bits per heavy atom. The number of hydrogen-bond donors (Lipinski definition) is 1. The van der Waals surface area contributed by atoms with Gasteiger partial charge in [-0.1, -0.05) is 168 Å². The van der Waals surface area contributed by atoms with Crippen molar-refractivity contribution in [1.82, 2.24) is 0 Å². The summed E-state index contributed by atoms with van der Waals surface area (Å²) in [4.78, 5) is 0. The number of likely N-dealkylation sites (N-methyl/N-ethyl adjacent to an activating group) is 1. The van der Waals surface area contributed by atoms with Crippen LogP contribution in [0.1, 0.15) is 200 Å². The van der Waals surface area contributed by atoms with Crippen LogP contribution in [0.4, 0.5) is 0 Å². The second-order valence-corrected chi connectivity index (χ2v) is 21.0. The zero-order chi connectivity index (χ0) is 39.0. The van der Waals surface area contributed by atoms with E-state index in [1.54, 1.807) is 0 Å². The summed E-state index contributed by atoms with van der Waals surface area (Å²) in [6.07, 6.45) is 35.8. The Morgan fingerprint density at radius 1 is 0.423 bits per heavy atom. The monoisotopic (exact) mass is 783 g/mol. The Morgan fingerprint density at radius 2 is 0.712 bits per heavy atom. The number of nitrogens with zero attached hydrogens (tertiary/aromatic N) is 2. The second kappa shape index (κ2) is 31.9. The molecule has 0 spiro atoms. The van der Waals surface area contributed by atoms with Gasteiger partial charge in [-0.15, -0.1) is 3.63 Å². The lowest BCUT2D eigenvalue weighted by Crippen LogP contribution is -2.47. The molecule has 0 aromatic rings. The molecule has 0 aliphatic carbocycles. The van der Waals surface area contributed by atoms with E-state index in [-0.39, 0.29) is 12.3 Å². The van der Waals surface area contributed by atoms with Gasteiger partial charge in [-0.25, -0.2) is 0 Å². The van der Waals surface area contributed by atoms with Gasteiger partial charge >= 0.3 is 0 Å². The van der Waals surface area contributed by atoms with E-state index in [4.69, 9.17) is 0 Å². The van der Waals surface area contributed by atoms with Crippen molar-refractivity contribution in [2.45, 2.75) is 206 Å². The molecule has 1 unspecified atom stereocenters. The van der Waals surface area contributed by atoms with Crippen molar-refractivity contribution in [3.05, 3.63) is 0 Å². The lowest BCUT2D eigenvalue weighted by Gasteiger charge is -2.31. The molecule has 0 aromatic heterocycles. The molecular weight excluding hydrogens is 693 g/mol. The zero-order valence-corrected chi connectivity index (χ0v) is 37.2. The zero-order valence-electron chi connectivity index (χ0n) is 35.5. The van der Waals surface area contributed by atoms with Crippen LogP contribution < -0.4 is 0 Å². The first-order valence-electron chi connectivity index (χ1n) is 22.1. The summed E-state index contributed by atoms with van der Waals surface area (Å²) in [5, 5.41) is 10.6. The molecular formula is C42H90N2O6S2+2. The van der Waals surface area contributed by atoms with Crippen molar-refractivity contribution in [3.63, 3.8) is 0 Å². The van der Waals surface area contributed by atoms with Crippen LogP contribution in [0, 0.1) is 0 Å². The number of aliphatic hydroxyl groups excluding tert-OH is 1. The number of quaternary nitrogens is 2. The number of hydrogen-bond acceptors (Lipinski definition) is 6. The van der Waals surface area contributed by atoms with Crippen molar-refractivity contribution >= 4 is 20.2 Å². The Balaban J connectivity index is 4.05. The molecule has 314 valence electrons. The van der Waals surface area contributed by atoms with Crippen molar-refractivity contribution in [1.29, 1.82) is 0 Å². The highest BCUT2D eigenvalue weighted by molar-refractivity contribution is 7.99. The molecule has 1 atom stereocenters. The predicted octanol–water partition coefficient (Wildman–Crippen LogP) is 10.5. The summed E-state index contributed by atoms with van der Waals surface area (Å²) >= 11 is 0. The van der Waals surface area contributed by atoms with Crippen molar-refractivity contribution in [3.8, 4) is 0 Å². The molecule has 0 saturated carbocycles. The maximum atomic E-state index is 12.6. The molecule has 1 N–H and O–H groups in total. The number of aliphatic hydroxyl groups is 1. The maximum absolute atomic E-state index is 12.6. The van der Waals surface area contributed by atoms with Gasteiger partial charge in [-0.05, 0) is 25.7 Å². The van der Waals surface area contributed by atoms with E-state index in [1.165, 1.54) is 161 Å². The fourth-order valence-electron chi connectivity index (χ4n) is 7.42. The summed E-state index contributed by atoms with van der Waals surface area (Å²) in [5.74, 6) is -1.06. The highest BCUT2D eigenvalue weighted by Crippen LogP contribution is 2.16. The first-order chi connectivity index (χ1) is 24.6. The third-order valence-corrected chi connectivity index (χ3v) is 13.9. The molecule has 10 heteroatoms. The van der Waals surface area contributed by atoms with Crippen LogP contribution in [0.3, 0.4) is 0 Å². The third kappa shape index (κ3) is 35.4. The molecule has 52 heavy (non-hydrogen) atoms. The summed E-state index contributed by atoms with van der Waals surface area (Å²) in [6, 6.07) is 0. The van der Waals surface area contributed by atoms with E-state index >= 15 is 0 Å². The Kier molecular flexibility index (Phi) is 31.7. The van der Waals surface area contributed by atoms with Crippen molar-refractivity contribution in [2.75, 3.05) is 65.9 Å². The van der Waals surface area contributed by atoms with Crippen LogP contribution in [0.25, 0.3) is 0 Å². The van der Waals surface area contributed by atoms with Crippen molar-refractivity contribution < 1.29 is 34.5 Å². The van der Waals surface area contributed by atoms with Gasteiger partial charge < -0.3 is 14.1 Å². The molecule has 0 bridgehead atoms.